The number of nitriles is 1. The minimum absolute atomic E-state index is 0.0312. The van der Waals surface area contributed by atoms with E-state index in [1.165, 1.54) is 0 Å². The summed E-state index contributed by atoms with van der Waals surface area (Å²) in [4.78, 5) is 17.4. The highest BCUT2D eigenvalue weighted by Gasteiger charge is 2.32. The van der Waals surface area contributed by atoms with Gasteiger partial charge in [-0.1, -0.05) is 13.8 Å². The number of hydrogen-bond acceptors (Lipinski definition) is 5. The first-order valence-electron chi connectivity index (χ1n) is 12.3. The number of hydrogen-bond donors (Lipinski definition) is 1. The smallest absolute Gasteiger partial charge is 0.250 e. The van der Waals surface area contributed by atoms with Gasteiger partial charge in [-0.15, -0.1) is 0 Å². The summed E-state index contributed by atoms with van der Waals surface area (Å²) in [6.07, 6.45) is 3.65. The Bertz CT molecular complexity index is 1170. The summed E-state index contributed by atoms with van der Waals surface area (Å²) in [6, 6.07) is 13.2. The van der Waals surface area contributed by atoms with Crippen LogP contribution in [0.25, 0.3) is 16.7 Å². The molecule has 1 saturated heterocycles. The Morgan fingerprint density at radius 2 is 1.78 bits per heavy atom. The Hall–Kier alpha value is -3.15. The lowest BCUT2D eigenvalue weighted by molar-refractivity contribution is -0.0504. The van der Waals surface area contributed by atoms with Crippen molar-refractivity contribution in [3.05, 3.63) is 59.4 Å². The summed E-state index contributed by atoms with van der Waals surface area (Å²) in [6.45, 7) is 8.63. The molecule has 1 aliphatic rings. The van der Waals surface area contributed by atoms with E-state index >= 15 is 0 Å². The van der Waals surface area contributed by atoms with E-state index in [0.717, 1.165) is 28.7 Å². The zero-order chi connectivity index (χ0) is 26.9. The monoisotopic (exact) mass is 498 g/mol. The van der Waals surface area contributed by atoms with Crippen molar-refractivity contribution in [1.29, 1.82) is 5.26 Å². The number of aromatic nitrogens is 2. The lowest BCUT2D eigenvalue weighted by atomic mass is 10.0. The number of rotatable bonds is 5. The van der Waals surface area contributed by atoms with E-state index in [1.54, 1.807) is 32.2 Å². The fourth-order valence-corrected chi connectivity index (χ4v) is 3.77. The van der Waals surface area contributed by atoms with E-state index < -0.39 is 11.5 Å². The third kappa shape index (κ3) is 8.21. The quantitative estimate of drug-likeness (QED) is 0.451. The SMILES string of the molecule is CC.CC(C)(O)CCc1cc2cc(C=O)cnc2n1-c1ccc(C#N)cc1.CN1CCC(F)(F)CC1. The van der Waals surface area contributed by atoms with Gasteiger partial charge in [-0.25, -0.2) is 13.8 Å². The maximum atomic E-state index is 12.4. The fourth-order valence-electron chi connectivity index (χ4n) is 3.77. The van der Waals surface area contributed by atoms with Gasteiger partial charge >= 0.3 is 0 Å². The third-order valence-electron chi connectivity index (χ3n) is 5.84. The molecule has 8 heteroatoms. The van der Waals surface area contributed by atoms with Crippen molar-refractivity contribution in [3.63, 3.8) is 0 Å². The highest BCUT2D eigenvalue weighted by molar-refractivity contribution is 5.86. The average Bonchev–Trinajstić information content (AvgIpc) is 3.23. The number of halogens is 2. The molecule has 1 fully saturated rings. The molecule has 0 amide bonds. The summed E-state index contributed by atoms with van der Waals surface area (Å²) in [5.74, 6) is -2.38. The van der Waals surface area contributed by atoms with Crippen LogP contribution in [0.1, 0.15) is 68.6 Å². The number of likely N-dealkylation sites (tertiary alicyclic amines) is 1. The summed E-state index contributed by atoms with van der Waals surface area (Å²) < 4.78 is 26.7. The number of alkyl halides is 2. The van der Waals surface area contributed by atoms with Gasteiger partial charge in [-0.3, -0.25) is 9.36 Å². The summed E-state index contributed by atoms with van der Waals surface area (Å²) in [5, 5.41) is 19.9. The van der Waals surface area contributed by atoms with Crippen molar-refractivity contribution in [2.45, 2.75) is 64.9 Å². The summed E-state index contributed by atoms with van der Waals surface area (Å²) in [5.41, 5.74) is 2.99. The van der Waals surface area contributed by atoms with Crippen molar-refractivity contribution < 1.29 is 18.7 Å². The number of aldehydes is 1. The topological polar surface area (TPSA) is 82.1 Å². The van der Waals surface area contributed by atoms with Gasteiger partial charge < -0.3 is 10.0 Å². The fraction of sp³-hybridized carbons (Fsp3) is 0.464. The predicted octanol–water partition coefficient (Wildman–Crippen LogP) is 5.79. The molecule has 3 aromatic rings. The largest absolute Gasteiger partial charge is 0.390 e. The number of aliphatic hydroxyl groups is 1. The lowest BCUT2D eigenvalue weighted by Gasteiger charge is -2.28. The molecule has 3 heterocycles. The first-order chi connectivity index (χ1) is 17.0. The van der Waals surface area contributed by atoms with Crippen LogP contribution in [0.15, 0.2) is 42.6 Å². The number of carbonyl (C=O) groups is 1. The van der Waals surface area contributed by atoms with E-state index in [2.05, 4.69) is 11.1 Å². The van der Waals surface area contributed by atoms with Crippen LogP contribution in [0.4, 0.5) is 8.78 Å². The third-order valence-corrected chi connectivity index (χ3v) is 5.84. The molecule has 0 saturated carbocycles. The van der Waals surface area contributed by atoms with Gasteiger partial charge in [0.25, 0.3) is 5.92 Å². The standard InChI is InChI=1S/C20H19N3O2.C6H11F2N.C2H6/c1-20(2,25)8-7-18-10-16-9-15(13-24)12-22-19(16)23(18)17-5-3-14(11-21)4-6-17;1-9-4-2-6(7,8)3-5-9;1-2/h3-6,9-10,12-13,25H,7-8H2,1-2H3;2-5H2,1H3;1-2H3. The maximum absolute atomic E-state index is 12.4. The Kier molecular flexibility index (Phi) is 10.3. The Balaban J connectivity index is 0.000000347. The minimum Gasteiger partial charge on any atom is -0.390 e. The molecule has 6 nitrogen and oxygen atoms in total. The molecule has 36 heavy (non-hydrogen) atoms. The van der Waals surface area contributed by atoms with Gasteiger partial charge in [0.05, 0.1) is 17.2 Å². The van der Waals surface area contributed by atoms with Crippen LogP contribution >= 0.6 is 0 Å². The molecular formula is C28H36F2N4O2. The Morgan fingerprint density at radius 1 is 1.17 bits per heavy atom. The van der Waals surface area contributed by atoms with Crippen LogP contribution in [-0.4, -0.2) is 57.5 Å². The van der Waals surface area contributed by atoms with Crippen molar-refractivity contribution >= 4 is 17.3 Å². The van der Waals surface area contributed by atoms with Gasteiger partial charge in [0.1, 0.15) is 5.65 Å². The number of benzene rings is 1. The molecule has 1 aromatic carbocycles. The number of carbonyl (C=O) groups excluding carboxylic acids is 1. The molecule has 0 spiro atoms. The van der Waals surface area contributed by atoms with E-state index in [0.29, 0.717) is 37.1 Å². The second-order valence-corrected chi connectivity index (χ2v) is 9.40. The molecule has 0 aliphatic carbocycles. The average molecular weight is 499 g/mol. The van der Waals surface area contributed by atoms with Gasteiger partial charge in [0.15, 0.2) is 6.29 Å². The summed E-state index contributed by atoms with van der Waals surface area (Å²) in [7, 11) is 1.87. The van der Waals surface area contributed by atoms with Crippen molar-refractivity contribution in [2.24, 2.45) is 0 Å². The molecule has 1 aliphatic heterocycles. The van der Waals surface area contributed by atoms with E-state index in [1.807, 2.05) is 54.6 Å². The lowest BCUT2D eigenvalue weighted by Crippen LogP contribution is -2.36. The minimum atomic E-state index is -2.38. The number of piperidine rings is 1. The maximum Gasteiger partial charge on any atom is 0.250 e. The Labute approximate surface area is 212 Å². The molecule has 4 rings (SSSR count). The van der Waals surface area contributed by atoms with E-state index in [4.69, 9.17) is 5.26 Å². The van der Waals surface area contributed by atoms with Crippen molar-refractivity contribution in [2.75, 3.05) is 20.1 Å². The molecule has 0 unspecified atom stereocenters. The number of aryl methyl sites for hydroxylation is 1. The molecule has 0 atom stereocenters. The summed E-state index contributed by atoms with van der Waals surface area (Å²) >= 11 is 0. The van der Waals surface area contributed by atoms with Crippen LogP contribution < -0.4 is 0 Å². The van der Waals surface area contributed by atoms with E-state index in [-0.39, 0.29) is 12.8 Å². The molecule has 0 radical (unpaired) electrons. The second-order valence-electron chi connectivity index (χ2n) is 9.40. The number of pyridine rings is 1. The highest BCUT2D eigenvalue weighted by atomic mass is 19.3. The molecule has 194 valence electrons. The van der Waals surface area contributed by atoms with Crippen LogP contribution in [0, 0.1) is 11.3 Å². The van der Waals surface area contributed by atoms with Crippen LogP contribution in [0.5, 0.6) is 0 Å². The second kappa shape index (κ2) is 12.7. The number of nitrogens with zero attached hydrogens (tertiary/aromatic N) is 4. The van der Waals surface area contributed by atoms with Gasteiger partial charge in [0.2, 0.25) is 0 Å². The Morgan fingerprint density at radius 3 is 2.28 bits per heavy atom. The normalized spacial score (nSPS) is 15.2. The van der Waals surface area contributed by atoms with E-state index in [9.17, 15) is 18.7 Å². The zero-order valence-corrected chi connectivity index (χ0v) is 21.8. The van der Waals surface area contributed by atoms with Crippen molar-refractivity contribution in [1.82, 2.24) is 14.5 Å². The van der Waals surface area contributed by atoms with Crippen LogP contribution in [0.3, 0.4) is 0 Å². The van der Waals surface area contributed by atoms with Crippen LogP contribution in [0.2, 0.25) is 0 Å². The molecule has 1 N–H and O–H groups in total. The van der Waals surface area contributed by atoms with Gasteiger partial charge in [-0.05, 0) is 70.1 Å². The van der Waals surface area contributed by atoms with Crippen LogP contribution in [-0.2, 0) is 6.42 Å². The van der Waals surface area contributed by atoms with Gasteiger partial charge in [0, 0.05) is 54.5 Å². The molecule has 2 aromatic heterocycles. The first kappa shape index (κ1) is 29.1. The van der Waals surface area contributed by atoms with Gasteiger partial charge in [-0.2, -0.15) is 5.26 Å². The zero-order valence-electron chi connectivity index (χ0n) is 21.8. The highest BCUT2D eigenvalue weighted by Crippen LogP contribution is 2.27. The first-order valence-corrected chi connectivity index (χ1v) is 12.3. The molecule has 0 bridgehead atoms. The predicted molar refractivity (Wildman–Crippen MR) is 139 cm³/mol. The molecular weight excluding hydrogens is 462 g/mol. The number of fused-ring (bicyclic) bond motifs is 1. The van der Waals surface area contributed by atoms with Crippen molar-refractivity contribution in [3.8, 4) is 11.8 Å².